The van der Waals surface area contributed by atoms with E-state index in [0.717, 1.165) is 12.5 Å². The molecule has 6 nitrogen and oxygen atoms in total. The molecule has 1 heterocycles. The summed E-state index contributed by atoms with van der Waals surface area (Å²) >= 11 is 0. The Hall–Kier alpha value is -1.67. The number of fused-ring (bicyclic) bond motifs is 1. The van der Waals surface area contributed by atoms with E-state index < -0.39 is 26.8 Å². The van der Waals surface area contributed by atoms with Gasteiger partial charge in [-0.25, -0.2) is 12.8 Å². The summed E-state index contributed by atoms with van der Waals surface area (Å²) in [4.78, 5) is 11.1. The molecule has 0 saturated heterocycles. The molecule has 1 aromatic carbocycles. The van der Waals surface area contributed by atoms with Gasteiger partial charge in [0.05, 0.1) is 6.54 Å². The summed E-state index contributed by atoms with van der Waals surface area (Å²) in [5.41, 5.74) is 0. The standard InChI is InChI=1S/C17H24FNO5S/c1-3-5-10-19-11-13(12-23-16(20)7-4-2)24-15-9-6-8-14(18)17(15)25(19,21)22/h6,8-9,13H,3-5,7,10-12H2,1-2H3/t13-/m1/s1. The highest BCUT2D eigenvalue weighted by Gasteiger charge is 2.37. The van der Waals surface area contributed by atoms with Crippen molar-refractivity contribution in [1.29, 1.82) is 0 Å². The van der Waals surface area contributed by atoms with Crippen molar-refractivity contribution in [2.75, 3.05) is 19.7 Å². The lowest BCUT2D eigenvalue weighted by Gasteiger charge is -2.22. The summed E-state index contributed by atoms with van der Waals surface area (Å²) in [6, 6.07) is 3.91. The zero-order valence-electron chi connectivity index (χ0n) is 14.5. The predicted molar refractivity (Wildman–Crippen MR) is 90.3 cm³/mol. The van der Waals surface area contributed by atoms with Crippen molar-refractivity contribution in [1.82, 2.24) is 4.31 Å². The van der Waals surface area contributed by atoms with Crippen molar-refractivity contribution in [2.45, 2.75) is 50.5 Å². The predicted octanol–water partition coefficient (Wildman–Crippen LogP) is 2.72. The van der Waals surface area contributed by atoms with Gasteiger partial charge < -0.3 is 9.47 Å². The molecule has 0 unspecified atom stereocenters. The van der Waals surface area contributed by atoms with Crippen LogP contribution in [0, 0.1) is 5.82 Å². The maximum atomic E-state index is 14.2. The second kappa shape index (κ2) is 8.62. The monoisotopic (exact) mass is 373 g/mol. The molecule has 25 heavy (non-hydrogen) atoms. The van der Waals surface area contributed by atoms with E-state index in [-0.39, 0.29) is 37.8 Å². The third kappa shape index (κ3) is 4.70. The van der Waals surface area contributed by atoms with Gasteiger partial charge in [-0.1, -0.05) is 26.3 Å². The van der Waals surface area contributed by atoms with E-state index >= 15 is 0 Å². The number of nitrogens with zero attached hydrogens (tertiary/aromatic N) is 1. The number of unbranched alkanes of at least 4 members (excludes halogenated alkanes) is 1. The van der Waals surface area contributed by atoms with Gasteiger partial charge in [0.1, 0.15) is 24.3 Å². The number of ether oxygens (including phenoxy) is 2. The van der Waals surface area contributed by atoms with Gasteiger partial charge in [-0.05, 0) is 25.0 Å². The zero-order chi connectivity index (χ0) is 18.4. The number of sulfonamides is 1. The molecule has 0 saturated carbocycles. The van der Waals surface area contributed by atoms with Gasteiger partial charge in [-0.2, -0.15) is 4.31 Å². The maximum absolute atomic E-state index is 14.2. The molecule has 1 atom stereocenters. The van der Waals surface area contributed by atoms with Crippen LogP contribution in [0.25, 0.3) is 0 Å². The van der Waals surface area contributed by atoms with Crippen LogP contribution in [0.4, 0.5) is 4.39 Å². The van der Waals surface area contributed by atoms with Crippen molar-refractivity contribution in [3.63, 3.8) is 0 Å². The van der Waals surface area contributed by atoms with Gasteiger partial charge in [-0.15, -0.1) is 0 Å². The van der Waals surface area contributed by atoms with Crippen LogP contribution in [0.2, 0.25) is 0 Å². The molecular weight excluding hydrogens is 349 g/mol. The topological polar surface area (TPSA) is 72.9 Å². The smallest absolute Gasteiger partial charge is 0.305 e. The normalized spacial score (nSPS) is 19.6. The van der Waals surface area contributed by atoms with Gasteiger partial charge in [-0.3, -0.25) is 4.79 Å². The van der Waals surface area contributed by atoms with Crippen LogP contribution in [-0.4, -0.2) is 44.5 Å². The van der Waals surface area contributed by atoms with Crippen molar-refractivity contribution in [3.05, 3.63) is 24.0 Å². The molecule has 0 spiro atoms. The molecule has 1 aliphatic heterocycles. The molecule has 1 aliphatic rings. The summed E-state index contributed by atoms with van der Waals surface area (Å²) in [5.74, 6) is -1.25. The molecule has 1 aromatic rings. The van der Waals surface area contributed by atoms with Gasteiger partial charge >= 0.3 is 5.97 Å². The first-order valence-electron chi connectivity index (χ1n) is 8.51. The molecule has 0 bridgehead atoms. The first kappa shape index (κ1) is 19.7. The fourth-order valence-electron chi connectivity index (χ4n) is 2.60. The molecule has 140 valence electrons. The Morgan fingerprint density at radius 1 is 1.36 bits per heavy atom. The number of rotatable bonds is 7. The number of carbonyl (C=O) groups is 1. The number of esters is 1. The van der Waals surface area contributed by atoms with Crippen LogP contribution in [-0.2, 0) is 19.6 Å². The average molecular weight is 373 g/mol. The first-order valence-corrected chi connectivity index (χ1v) is 9.95. The van der Waals surface area contributed by atoms with Gasteiger partial charge in [0.25, 0.3) is 0 Å². The van der Waals surface area contributed by atoms with Crippen LogP contribution < -0.4 is 4.74 Å². The van der Waals surface area contributed by atoms with E-state index in [9.17, 15) is 17.6 Å². The van der Waals surface area contributed by atoms with Crippen molar-refractivity contribution in [3.8, 4) is 5.75 Å². The number of hydrogen-bond acceptors (Lipinski definition) is 5. The van der Waals surface area contributed by atoms with Crippen LogP contribution in [0.5, 0.6) is 5.75 Å². The number of carbonyl (C=O) groups excluding carboxylic acids is 1. The third-order valence-electron chi connectivity index (χ3n) is 3.88. The van der Waals surface area contributed by atoms with Crippen LogP contribution in [0.3, 0.4) is 0 Å². The minimum atomic E-state index is -4.01. The lowest BCUT2D eigenvalue weighted by molar-refractivity contribution is -0.146. The SMILES string of the molecule is CCCCN1C[C@H](COC(=O)CCC)Oc2cccc(F)c2S1(=O)=O. The maximum Gasteiger partial charge on any atom is 0.305 e. The minimum Gasteiger partial charge on any atom is -0.484 e. The Bertz CT molecular complexity index is 707. The molecule has 0 N–H and O–H groups in total. The third-order valence-corrected chi connectivity index (χ3v) is 5.80. The second-order valence-corrected chi connectivity index (χ2v) is 7.83. The Labute approximate surface area is 148 Å². The lowest BCUT2D eigenvalue weighted by Crippen LogP contribution is -2.40. The van der Waals surface area contributed by atoms with E-state index in [1.807, 2.05) is 13.8 Å². The molecule has 0 radical (unpaired) electrons. The molecule has 0 fully saturated rings. The molecule has 2 rings (SSSR count). The number of benzene rings is 1. The summed E-state index contributed by atoms with van der Waals surface area (Å²) in [5, 5.41) is 0. The van der Waals surface area contributed by atoms with Crippen molar-refractivity contribution < 1.29 is 27.1 Å². The Morgan fingerprint density at radius 2 is 2.12 bits per heavy atom. The Kier molecular flexibility index (Phi) is 6.78. The first-order chi connectivity index (χ1) is 11.9. The van der Waals surface area contributed by atoms with Crippen molar-refractivity contribution >= 4 is 16.0 Å². The average Bonchev–Trinajstić information content (AvgIpc) is 2.66. The number of halogens is 1. The fraction of sp³-hybridized carbons (Fsp3) is 0.588. The Balaban J connectivity index is 2.30. The van der Waals surface area contributed by atoms with E-state index in [0.29, 0.717) is 12.8 Å². The summed E-state index contributed by atoms with van der Waals surface area (Å²) in [6.07, 6.45) is 1.71. The fourth-order valence-corrected chi connectivity index (χ4v) is 4.27. The summed E-state index contributed by atoms with van der Waals surface area (Å²) in [6.45, 7) is 4.00. The largest absolute Gasteiger partial charge is 0.484 e. The van der Waals surface area contributed by atoms with E-state index in [1.165, 1.54) is 16.4 Å². The quantitative estimate of drug-likeness (QED) is 0.687. The molecule has 0 aromatic heterocycles. The molecule has 8 heteroatoms. The van der Waals surface area contributed by atoms with Crippen LogP contribution >= 0.6 is 0 Å². The second-order valence-electron chi connectivity index (χ2n) is 5.96. The van der Waals surface area contributed by atoms with E-state index in [1.54, 1.807) is 0 Å². The zero-order valence-corrected chi connectivity index (χ0v) is 15.4. The lowest BCUT2D eigenvalue weighted by atomic mass is 10.3. The van der Waals surface area contributed by atoms with E-state index in [4.69, 9.17) is 9.47 Å². The minimum absolute atomic E-state index is 0.00978. The van der Waals surface area contributed by atoms with Crippen LogP contribution in [0.15, 0.2) is 23.1 Å². The number of hydrogen-bond donors (Lipinski definition) is 0. The molecule has 0 aliphatic carbocycles. The highest BCUT2D eigenvalue weighted by molar-refractivity contribution is 7.89. The van der Waals surface area contributed by atoms with Gasteiger partial charge in [0.15, 0.2) is 4.90 Å². The van der Waals surface area contributed by atoms with Crippen LogP contribution in [0.1, 0.15) is 39.5 Å². The summed E-state index contributed by atoms with van der Waals surface area (Å²) < 4.78 is 51.9. The Morgan fingerprint density at radius 3 is 2.80 bits per heavy atom. The highest BCUT2D eigenvalue weighted by Crippen LogP contribution is 2.33. The summed E-state index contributed by atoms with van der Waals surface area (Å²) in [7, 11) is -4.01. The molecule has 0 amide bonds. The van der Waals surface area contributed by atoms with E-state index in [2.05, 4.69) is 0 Å². The highest BCUT2D eigenvalue weighted by atomic mass is 32.2. The molecular formula is C17H24FNO5S. The van der Waals surface area contributed by atoms with Gasteiger partial charge in [0, 0.05) is 13.0 Å². The van der Waals surface area contributed by atoms with Gasteiger partial charge in [0.2, 0.25) is 10.0 Å². The van der Waals surface area contributed by atoms with Crippen molar-refractivity contribution in [2.24, 2.45) is 0 Å².